The van der Waals surface area contributed by atoms with E-state index in [1.54, 1.807) is 0 Å². The first kappa shape index (κ1) is 23.5. The van der Waals surface area contributed by atoms with Crippen molar-refractivity contribution in [2.45, 2.75) is 39.7 Å². The molecule has 0 spiro atoms. The minimum absolute atomic E-state index is 0. The number of hydrogen-bond acceptors (Lipinski definition) is 3. The third kappa shape index (κ3) is 11.6. The Morgan fingerprint density at radius 2 is 1.92 bits per heavy atom. The Kier molecular flexibility index (Phi) is 13.9. The lowest BCUT2D eigenvalue weighted by molar-refractivity contribution is -0.121. The summed E-state index contributed by atoms with van der Waals surface area (Å²) in [5, 5.41) is 9.29. The molecule has 0 bridgehead atoms. The van der Waals surface area contributed by atoms with Crippen LogP contribution in [0.1, 0.15) is 33.6 Å². The summed E-state index contributed by atoms with van der Waals surface area (Å²) in [4.78, 5) is 16.1. The summed E-state index contributed by atoms with van der Waals surface area (Å²) in [7, 11) is 0. The summed E-state index contributed by atoms with van der Waals surface area (Å²) < 4.78 is 5.62. The van der Waals surface area contributed by atoms with Crippen molar-refractivity contribution >= 4 is 35.8 Å². The Balaban J connectivity index is 0.00000576. The highest BCUT2D eigenvalue weighted by Gasteiger charge is 2.05. The number of carbonyl (C=O) groups is 1. The van der Waals surface area contributed by atoms with Gasteiger partial charge in [0.05, 0.1) is 13.1 Å². The predicted octanol–water partition coefficient (Wildman–Crippen LogP) is 2.54. The normalized spacial score (nSPS) is 11.9. The third-order valence-electron chi connectivity index (χ3n) is 3.38. The molecule has 1 aromatic rings. The van der Waals surface area contributed by atoms with Crippen LogP contribution in [-0.2, 0) is 4.79 Å². The molecule has 0 aliphatic rings. The lowest BCUT2D eigenvalue weighted by atomic mass is 10.2. The predicted molar refractivity (Wildman–Crippen MR) is 114 cm³/mol. The summed E-state index contributed by atoms with van der Waals surface area (Å²) in [6, 6.07) is 9.91. The second-order valence-electron chi connectivity index (χ2n) is 5.48. The number of hydrogen-bond donors (Lipinski definition) is 3. The smallest absolute Gasteiger partial charge is 0.222 e. The van der Waals surface area contributed by atoms with E-state index in [0.29, 0.717) is 32.1 Å². The number of nitrogens with one attached hydrogen (secondary N) is 3. The first-order valence-electron chi connectivity index (χ1n) is 8.65. The van der Waals surface area contributed by atoms with Gasteiger partial charge in [0.25, 0.3) is 0 Å². The highest BCUT2D eigenvalue weighted by atomic mass is 127. The summed E-state index contributed by atoms with van der Waals surface area (Å²) in [5.74, 6) is 1.59. The number of carbonyl (C=O) groups excluding carboxylic acids is 1. The number of ether oxygens (including phenoxy) is 1. The number of para-hydroxylation sites is 1. The SMILES string of the molecule is CCNC(=NCCC(=O)NC(C)CC)NCCOc1ccccc1.I. The van der Waals surface area contributed by atoms with Crippen molar-refractivity contribution in [3.63, 3.8) is 0 Å². The third-order valence-corrected chi connectivity index (χ3v) is 3.38. The van der Waals surface area contributed by atoms with Crippen LogP contribution in [0.4, 0.5) is 0 Å². The summed E-state index contributed by atoms with van der Waals surface area (Å²) in [6.45, 7) is 8.46. The van der Waals surface area contributed by atoms with Crippen LogP contribution in [0, 0.1) is 0 Å². The molecule has 0 heterocycles. The van der Waals surface area contributed by atoms with Crippen molar-refractivity contribution in [2.75, 3.05) is 26.2 Å². The van der Waals surface area contributed by atoms with Gasteiger partial charge in [-0.3, -0.25) is 9.79 Å². The van der Waals surface area contributed by atoms with Crippen molar-refractivity contribution in [3.05, 3.63) is 30.3 Å². The minimum atomic E-state index is 0. The molecule has 0 aliphatic carbocycles. The van der Waals surface area contributed by atoms with E-state index in [9.17, 15) is 4.79 Å². The van der Waals surface area contributed by atoms with Gasteiger partial charge in [0.15, 0.2) is 5.96 Å². The molecule has 0 aromatic heterocycles. The molecule has 0 saturated carbocycles. The highest BCUT2D eigenvalue weighted by molar-refractivity contribution is 14.0. The van der Waals surface area contributed by atoms with Crippen LogP contribution in [0.25, 0.3) is 0 Å². The van der Waals surface area contributed by atoms with Crippen LogP contribution in [0.5, 0.6) is 5.75 Å². The average Bonchev–Trinajstić information content (AvgIpc) is 2.59. The molecule has 7 heteroatoms. The van der Waals surface area contributed by atoms with Crippen LogP contribution in [0.15, 0.2) is 35.3 Å². The van der Waals surface area contributed by atoms with Crippen LogP contribution in [-0.4, -0.2) is 44.1 Å². The van der Waals surface area contributed by atoms with Crippen molar-refractivity contribution in [1.82, 2.24) is 16.0 Å². The highest BCUT2D eigenvalue weighted by Crippen LogP contribution is 2.07. The second-order valence-corrected chi connectivity index (χ2v) is 5.48. The summed E-state index contributed by atoms with van der Waals surface area (Å²) >= 11 is 0. The van der Waals surface area contributed by atoms with Crippen LogP contribution < -0.4 is 20.7 Å². The lowest BCUT2D eigenvalue weighted by Crippen LogP contribution is -2.39. The average molecular weight is 462 g/mol. The topological polar surface area (TPSA) is 74.8 Å². The van der Waals surface area contributed by atoms with Crippen molar-refractivity contribution in [3.8, 4) is 5.75 Å². The fraction of sp³-hybridized carbons (Fsp3) is 0.556. The van der Waals surface area contributed by atoms with Gasteiger partial charge in [-0.2, -0.15) is 0 Å². The maximum absolute atomic E-state index is 11.7. The van der Waals surface area contributed by atoms with Gasteiger partial charge in [0, 0.05) is 19.0 Å². The Bertz CT molecular complexity index is 497. The molecule has 1 aromatic carbocycles. The Labute approximate surface area is 168 Å². The quantitative estimate of drug-likeness (QED) is 0.216. The van der Waals surface area contributed by atoms with Crippen molar-refractivity contribution in [1.29, 1.82) is 0 Å². The molecule has 6 nitrogen and oxygen atoms in total. The number of amides is 1. The van der Waals surface area contributed by atoms with Gasteiger partial charge in [0.1, 0.15) is 12.4 Å². The van der Waals surface area contributed by atoms with Gasteiger partial charge in [0.2, 0.25) is 5.91 Å². The maximum Gasteiger partial charge on any atom is 0.222 e. The Morgan fingerprint density at radius 1 is 1.20 bits per heavy atom. The molecule has 1 amide bonds. The van der Waals surface area contributed by atoms with E-state index in [0.717, 1.165) is 18.7 Å². The van der Waals surface area contributed by atoms with Crippen LogP contribution in [0.2, 0.25) is 0 Å². The summed E-state index contributed by atoms with van der Waals surface area (Å²) in [5.41, 5.74) is 0. The first-order chi connectivity index (χ1) is 11.7. The Morgan fingerprint density at radius 3 is 2.56 bits per heavy atom. The number of benzene rings is 1. The number of nitrogens with zero attached hydrogens (tertiary/aromatic N) is 1. The number of rotatable bonds is 10. The van der Waals surface area contributed by atoms with E-state index in [-0.39, 0.29) is 35.9 Å². The van der Waals surface area contributed by atoms with E-state index in [2.05, 4.69) is 20.9 Å². The molecule has 0 saturated heterocycles. The van der Waals surface area contributed by atoms with Gasteiger partial charge >= 0.3 is 0 Å². The molecule has 142 valence electrons. The first-order valence-corrected chi connectivity index (χ1v) is 8.65. The van der Waals surface area contributed by atoms with E-state index >= 15 is 0 Å². The Hall–Kier alpha value is -1.51. The van der Waals surface area contributed by atoms with Gasteiger partial charge < -0.3 is 20.7 Å². The molecule has 25 heavy (non-hydrogen) atoms. The zero-order valence-electron chi connectivity index (χ0n) is 15.4. The lowest BCUT2D eigenvalue weighted by Gasteiger charge is -2.13. The van der Waals surface area contributed by atoms with Gasteiger partial charge in [-0.15, -0.1) is 24.0 Å². The molecule has 1 unspecified atom stereocenters. The largest absolute Gasteiger partial charge is 0.492 e. The molecular weight excluding hydrogens is 431 g/mol. The summed E-state index contributed by atoms with van der Waals surface area (Å²) in [6.07, 6.45) is 1.32. The molecule has 0 fully saturated rings. The van der Waals surface area contributed by atoms with Crippen molar-refractivity contribution in [2.24, 2.45) is 4.99 Å². The zero-order chi connectivity index (χ0) is 17.6. The monoisotopic (exact) mass is 462 g/mol. The van der Waals surface area contributed by atoms with E-state index < -0.39 is 0 Å². The fourth-order valence-corrected chi connectivity index (χ4v) is 1.92. The van der Waals surface area contributed by atoms with Gasteiger partial charge in [-0.05, 0) is 32.4 Å². The minimum Gasteiger partial charge on any atom is -0.492 e. The van der Waals surface area contributed by atoms with E-state index in [1.165, 1.54) is 0 Å². The molecule has 0 radical (unpaired) electrons. The molecule has 1 atom stereocenters. The molecule has 3 N–H and O–H groups in total. The number of halogens is 1. The van der Waals surface area contributed by atoms with Gasteiger partial charge in [-0.1, -0.05) is 25.1 Å². The number of aliphatic imine (C=N–C) groups is 1. The molecule has 1 rings (SSSR count). The fourth-order valence-electron chi connectivity index (χ4n) is 1.92. The van der Waals surface area contributed by atoms with Crippen molar-refractivity contribution < 1.29 is 9.53 Å². The number of guanidine groups is 1. The maximum atomic E-state index is 11.7. The standard InChI is InChI=1S/C18H30N4O2.HI/c1-4-15(3)22-17(23)11-12-20-18(19-5-2)21-13-14-24-16-9-7-6-8-10-16;/h6-10,15H,4-5,11-14H2,1-3H3,(H,22,23)(H2,19,20,21);1H. The second kappa shape index (κ2) is 14.8. The van der Waals surface area contributed by atoms with Crippen LogP contribution in [0.3, 0.4) is 0 Å². The van der Waals surface area contributed by atoms with Crippen LogP contribution >= 0.6 is 24.0 Å². The van der Waals surface area contributed by atoms with E-state index in [4.69, 9.17) is 4.74 Å². The van der Waals surface area contributed by atoms with E-state index in [1.807, 2.05) is 51.1 Å². The molecular formula is C18H31IN4O2. The van der Waals surface area contributed by atoms with Gasteiger partial charge in [-0.25, -0.2) is 0 Å². The molecule has 0 aliphatic heterocycles. The zero-order valence-corrected chi connectivity index (χ0v) is 17.7.